The van der Waals surface area contributed by atoms with Crippen molar-refractivity contribution >= 4 is 21.8 Å². The Hall–Kier alpha value is -1.07. The molecule has 0 saturated carbocycles. The molecule has 0 radical (unpaired) electrons. The van der Waals surface area contributed by atoms with E-state index >= 15 is 0 Å². The zero-order valence-electron chi connectivity index (χ0n) is 12.3. The van der Waals surface area contributed by atoms with Gasteiger partial charge < -0.3 is 15.4 Å². The van der Waals surface area contributed by atoms with Gasteiger partial charge in [-0.05, 0) is 30.7 Å². The van der Waals surface area contributed by atoms with E-state index in [9.17, 15) is 4.79 Å². The first kappa shape index (κ1) is 17.0. The number of nitrogens with one attached hydrogen (secondary N) is 2. The molecule has 0 aromatic heterocycles. The van der Waals surface area contributed by atoms with Gasteiger partial charge in [0.2, 0.25) is 5.91 Å². The van der Waals surface area contributed by atoms with Crippen LogP contribution in [0.25, 0.3) is 0 Å². The zero-order chi connectivity index (χ0) is 15.0. The van der Waals surface area contributed by atoms with Crippen molar-refractivity contribution in [1.29, 1.82) is 0 Å². The van der Waals surface area contributed by atoms with Gasteiger partial charge in [-0.25, -0.2) is 0 Å². The molecule has 0 bridgehead atoms. The number of rotatable bonds is 8. The summed E-state index contributed by atoms with van der Waals surface area (Å²) in [5.41, 5.74) is 1.15. The van der Waals surface area contributed by atoms with E-state index in [1.54, 1.807) is 0 Å². The van der Waals surface area contributed by atoms with Crippen molar-refractivity contribution < 1.29 is 9.53 Å². The van der Waals surface area contributed by atoms with E-state index in [4.69, 9.17) is 4.74 Å². The highest BCUT2D eigenvalue weighted by Crippen LogP contribution is 2.22. The molecule has 0 fully saturated rings. The van der Waals surface area contributed by atoms with Crippen LogP contribution in [0.2, 0.25) is 0 Å². The number of ether oxygens (including phenoxy) is 1. The molecule has 1 aromatic carbocycles. The van der Waals surface area contributed by atoms with Gasteiger partial charge in [0, 0.05) is 23.6 Å². The van der Waals surface area contributed by atoms with Crippen LogP contribution in [-0.2, 0) is 11.3 Å². The second-order valence-corrected chi connectivity index (χ2v) is 5.70. The summed E-state index contributed by atoms with van der Waals surface area (Å²) in [6, 6.07) is 6.31. The van der Waals surface area contributed by atoms with E-state index in [1.807, 2.05) is 25.1 Å². The van der Waals surface area contributed by atoms with E-state index < -0.39 is 0 Å². The van der Waals surface area contributed by atoms with Crippen molar-refractivity contribution in [2.24, 2.45) is 0 Å². The Kier molecular flexibility index (Phi) is 7.62. The number of hydrogen-bond acceptors (Lipinski definition) is 3. The van der Waals surface area contributed by atoms with Crippen molar-refractivity contribution in [3.05, 3.63) is 28.2 Å². The van der Waals surface area contributed by atoms with Gasteiger partial charge in [-0.3, -0.25) is 4.79 Å². The molecule has 0 aliphatic rings. The van der Waals surface area contributed by atoms with Gasteiger partial charge in [-0.15, -0.1) is 0 Å². The molecule has 0 unspecified atom stereocenters. The number of carbonyl (C=O) groups excluding carboxylic acids is 1. The fourth-order valence-corrected chi connectivity index (χ4v) is 2.02. The third-order valence-electron chi connectivity index (χ3n) is 2.69. The normalized spacial score (nSPS) is 10.7. The summed E-state index contributed by atoms with van der Waals surface area (Å²) in [6.07, 6.45) is 0.378. The third-order valence-corrected chi connectivity index (χ3v) is 3.46. The second kappa shape index (κ2) is 8.97. The smallest absolute Gasteiger partial charge is 0.223 e. The quantitative estimate of drug-likeness (QED) is 0.763. The SMILES string of the molecule is CCNC(=O)CCOc1ccc(Br)c(CNC(C)C)c1. The molecule has 1 rings (SSSR count). The predicted octanol–water partition coefficient (Wildman–Crippen LogP) is 2.85. The summed E-state index contributed by atoms with van der Waals surface area (Å²) in [5, 5.41) is 6.12. The van der Waals surface area contributed by atoms with E-state index in [-0.39, 0.29) is 5.91 Å². The molecule has 112 valence electrons. The first-order chi connectivity index (χ1) is 9.52. The maximum atomic E-state index is 11.3. The lowest BCUT2D eigenvalue weighted by atomic mass is 10.2. The van der Waals surface area contributed by atoms with Gasteiger partial charge in [0.05, 0.1) is 13.0 Å². The molecule has 0 atom stereocenters. The highest BCUT2D eigenvalue weighted by Gasteiger charge is 2.05. The fraction of sp³-hybridized carbons (Fsp3) is 0.533. The van der Waals surface area contributed by atoms with Gasteiger partial charge >= 0.3 is 0 Å². The molecule has 2 N–H and O–H groups in total. The highest BCUT2D eigenvalue weighted by atomic mass is 79.9. The molecule has 1 aromatic rings. The van der Waals surface area contributed by atoms with Crippen LogP contribution in [0.5, 0.6) is 5.75 Å². The molecule has 20 heavy (non-hydrogen) atoms. The van der Waals surface area contributed by atoms with Gasteiger partial charge in [-0.1, -0.05) is 29.8 Å². The first-order valence-electron chi connectivity index (χ1n) is 6.94. The largest absolute Gasteiger partial charge is 0.493 e. The monoisotopic (exact) mass is 342 g/mol. The van der Waals surface area contributed by atoms with Crippen molar-refractivity contribution in [2.75, 3.05) is 13.2 Å². The van der Waals surface area contributed by atoms with Crippen molar-refractivity contribution in [3.63, 3.8) is 0 Å². The first-order valence-corrected chi connectivity index (χ1v) is 7.73. The summed E-state index contributed by atoms with van der Waals surface area (Å²) in [4.78, 5) is 11.3. The minimum absolute atomic E-state index is 0.0197. The molecule has 5 heteroatoms. The van der Waals surface area contributed by atoms with Crippen LogP contribution in [0.15, 0.2) is 22.7 Å². The molecule has 0 aliphatic carbocycles. The van der Waals surface area contributed by atoms with E-state index in [0.29, 0.717) is 25.6 Å². The Morgan fingerprint density at radius 3 is 2.80 bits per heavy atom. The lowest BCUT2D eigenvalue weighted by Crippen LogP contribution is -2.24. The number of halogens is 1. The van der Waals surface area contributed by atoms with Crippen LogP contribution in [-0.4, -0.2) is 25.1 Å². The second-order valence-electron chi connectivity index (χ2n) is 4.84. The van der Waals surface area contributed by atoms with Gasteiger partial charge in [0.15, 0.2) is 0 Å². The molecule has 0 spiro atoms. The Balaban J connectivity index is 2.50. The van der Waals surface area contributed by atoms with Crippen LogP contribution < -0.4 is 15.4 Å². The Bertz CT molecular complexity index is 436. The van der Waals surface area contributed by atoms with E-state index in [2.05, 4.69) is 40.4 Å². The number of benzene rings is 1. The van der Waals surface area contributed by atoms with Gasteiger partial charge in [0.25, 0.3) is 0 Å². The number of carbonyl (C=O) groups is 1. The summed E-state index contributed by atoms with van der Waals surface area (Å²) >= 11 is 3.53. The molecule has 4 nitrogen and oxygen atoms in total. The molecular weight excluding hydrogens is 320 g/mol. The molecule has 0 saturated heterocycles. The van der Waals surface area contributed by atoms with Crippen LogP contribution in [0.4, 0.5) is 0 Å². The molecule has 0 aliphatic heterocycles. The molecule has 1 amide bonds. The minimum atomic E-state index is 0.0197. The van der Waals surface area contributed by atoms with Crippen LogP contribution in [0.3, 0.4) is 0 Å². The lowest BCUT2D eigenvalue weighted by molar-refractivity contribution is -0.121. The maximum absolute atomic E-state index is 11.3. The standard InChI is InChI=1S/C15H23BrN2O2/c1-4-17-15(19)7-8-20-13-5-6-14(16)12(9-13)10-18-11(2)3/h5-6,9,11,18H,4,7-8,10H2,1-3H3,(H,17,19). The number of hydrogen-bond donors (Lipinski definition) is 2. The summed E-state index contributed by atoms with van der Waals surface area (Å²) in [6.45, 7) is 7.96. The Labute approximate surface area is 129 Å². The van der Waals surface area contributed by atoms with Crippen molar-refractivity contribution in [1.82, 2.24) is 10.6 Å². The summed E-state index contributed by atoms with van der Waals surface area (Å²) in [5.74, 6) is 0.810. The van der Waals surface area contributed by atoms with Gasteiger partial charge in [0.1, 0.15) is 5.75 Å². The average Bonchev–Trinajstić information content (AvgIpc) is 2.39. The van der Waals surface area contributed by atoms with E-state index in [0.717, 1.165) is 22.3 Å². The Morgan fingerprint density at radius 2 is 2.15 bits per heavy atom. The van der Waals surface area contributed by atoms with Crippen LogP contribution in [0, 0.1) is 0 Å². The highest BCUT2D eigenvalue weighted by molar-refractivity contribution is 9.10. The van der Waals surface area contributed by atoms with Crippen molar-refractivity contribution in [2.45, 2.75) is 39.8 Å². The molecule has 0 heterocycles. The summed E-state index contributed by atoms with van der Waals surface area (Å²) in [7, 11) is 0. The average molecular weight is 343 g/mol. The topological polar surface area (TPSA) is 50.4 Å². The van der Waals surface area contributed by atoms with Crippen LogP contribution in [0.1, 0.15) is 32.8 Å². The Morgan fingerprint density at radius 1 is 1.40 bits per heavy atom. The van der Waals surface area contributed by atoms with Crippen molar-refractivity contribution in [3.8, 4) is 5.75 Å². The fourth-order valence-electron chi connectivity index (χ4n) is 1.64. The molecular formula is C15H23BrN2O2. The summed E-state index contributed by atoms with van der Waals surface area (Å²) < 4.78 is 6.67. The third kappa shape index (κ3) is 6.39. The minimum Gasteiger partial charge on any atom is -0.493 e. The lowest BCUT2D eigenvalue weighted by Gasteiger charge is -2.12. The van der Waals surface area contributed by atoms with Crippen LogP contribution >= 0.6 is 15.9 Å². The van der Waals surface area contributed by atoms with E-state index in [1.165, 1.54) is 0 Å². The number of amides is 1. The maximum Gasteiger partial charge on any atom is 0.223 e. The van der Waals surface area contributed by atoms with Gasteiger partial charge in [-0.2, -0.15) is 0 Å². The predicted molar refractivity (Wildman–Crippen MR) is 84.9 cm³/mol. The zero-order valence-corrected chi connectivity index (χ0v) is 13.9.